The molecular formula is C13H14N4O2. The third-order valence-electron chi connectivity index (χ3n) is 2.50. The van der Waals surface area contributed by atoms with Gasteiger partial charge in [-0.05, 0) is 18.2 Å². The Morgan fingerprint density at radius 1 is 1.32 bits per heavy atom. The van der Waals surface area contributed by atoms with Crippen molar-refractivity contribution in [2.24, 2.45) is 0 Å². The van der Waals surface area contributed by atoms with Crippen LogP contribution in [0.2, 0.25) is 0 Å². The highest BCUT2D eigenvalue weighted by molar-refractivity contribution is 6.04. The number of carbonyl (C=O) groups is 1. The van der Waals surface area contributed by atoms with E-state index in [1.165, 1.54) is 12.3 Å². The molecule has 0 unspecified atom stereocenters. The Hall–Kier alpha value is -2.63. The first-order valence-electron chi connectivity index (χ1n) is 5.70. The SMILES string of the molecule is CN(C)c1ccc(NC(=O)c2cc[nH]c(=O)c2)cn1. The predicted molar refractivity (Wildman–Crippen MR) is 73.6 cm³/mol. The number of aromatic nitrogens is 2. The molecule has 6 nitrogen and oxygen atoms in total. The summed E-state index contributed by atoms with van der Waals surface area (Å²) in [5.41, 5.74) is 0.574. The minimum absolute atomic E-state index is 0.306. The van der Waals surface area contributed by atoms with Crippen molar-refractivity contribution in [3.63, 3.8) is 0 Å². The van der Waals surface area contributed by atoms with Crippen LogP contribution >= 0.6 is 0 Å². The highest BCUT2D eigenvalue weighted by atomic mass is 16.2. The molecule has 0 aromatic carbocycles. The van der Waals surface area contributed by atoms with Crippen molar-refractivity contribution in [1.29, 1.82) is 0 Å². The van der Waals surface area contributed by atoms with Crippen LogP contribution in [-0.4, -0.2) is 30.0 Å². The second-order valence-corrected chi connectivity index (χ2v) is 4.20. The lowest BCUT2D eigenvalue weighted by atomic mass is 10.2. The molecular weight excluding hydrogens is 244 g/mol. The summed E-state index contributed by atoms with van der Waals surface area (Å²) >= 11 is 0. The fraction of sp³-hybridized carbons (Fsp3) is 0.154. The van der Waals surface area contributed by atoms with Crippen molar-refractivity contribution < 1.29 is 4.79 Å². The van der Waals surface area contributed by atoms with Crippen LogP contribution in [0.4, 0.5) is 11.5 Å². The molecule has 0 atom stereocenters. The number of aromatic amines is 1. The second-order valence-electron chi connectivity index (χ2n) is 4.20. The Morgan fingerprint density at radius 3 is 2.68 bits per heavy atom. The van der Waals surface area contributed by atoms with E-state index < -0.39 is 0 Å². The number of nitrogens with one attached hydrogen (secondary N) is 2. The molecule has 0 fully saturated rings. The normalized spacial score (nSPS) is 10.0. The molecule has 2 N–H and O–H groups in total. The number of carbonyl (C=O) groups excluding carboxylic acids is 1. The molecule has 98 valence electrons. The number of pyridine rings is 2. The van der Waals surface area contributed by atoms with Gasteiger partial charge in [-0.1, -0.05) is 0 Å². The average molecular weight is 258 g/mol. The molecule has 2 aromatic rings. The maximum absolute atomic E-state index is 11.9. The zero-order chi connectivity index (χ0) is 13.8. The monoisotopic (exact) mass is 258 g/mol. The van der Waals surface area contributed by atoms with Crippen LogP contribution in [0, 0.1) is 0 Å². The van der Waals surface area contributed by atoms with Gasteiger partial charge in [-0.2, -0.15) is 0 Å². The van der Waals surface area contributed by atoms with Crippen molar-refractivity contribution in [3.8, 4) is 0 Å². The quantitative estimate of drug-likeness (QED) is 0.863. The number of rotatable bonds is 3. The highest BCUT2D eigenvalue weighted by Gasteiger charge is 2.06. The number of amides is 1. The Bertz CT molecular complexity index is 632. The lowest BCUT2D eigenvalue weighted by Gasteiger charge is -2.11. The van der Waals surface area contributed by atoms with E-state index in [4.69, 9.17) is 0 Å². The highest BCUT2D eigenvalue weighted by Crippen LogP contribution is 2.12. The van der Waals surface area contributed by atoms with Crippen molar-refractivity contribution >= 4 is 17.4 Å². The molecule has 19 heavy (non-hydrogen) atoms. The fourth-order valence-electron chi connectivity index (χ4n) is 1.51. The second kappa shape index (κ2) is 5.34. The summed E-state index contributed by atoms with van der Waals surface area (Å²) in [7, 11) is 3.77. The number of nitrogens with zero attached hydrogens (tertiary/aromatic N) is 2. The van der Waals surface area contributed by atoms with E-state index in [2.05, 4.69) is 15.3 Å². The van der Waals surface area contributed by atoms with Gasteiger partial charge in [0.15, 0.2) is 0 Å². The van der Waals surface area contributed by atoms with Crippen LogP contribution in [0.3, 0.4) is 0 Å². The van der Waals surface area contributed by atoms with E-state index in [0.717, 1.165) is 5.82 Å². The van der Waals surface area contributed by atoms with Gasteiger partial charge in [-0.3, -0.25) is 9.59 Å². The number of hydrogen-bond acceptors (Lipinski definition) is 4. The number of hydrogen-bond donors (Lipinski definition) is 2. The van der Waals surface area contributed by atoms with E-state index in [1.807, 2.05) is 19.0 Å². The smallest absolute Gasteiger partial charge is 0.255 e. The molecule has 0 saturated carbocycles. The van der Waals surface area contributed by atoms with Crippen LogP contribution in [0.15, 0.2) is 41.5 Å². The van der Waals surface area contributed by atoms with Gasteiger partial charge in [-0.25, -0.2) is 4.98 Å². The first-order valence-corrected chi connectivity index (χ1v) is 5.70. The minimum Gasteiger partial charge on any atom is -0.363 e. The molecule has 0 aliphatic rings. The third-order valence-corrected chi connectivity index (χ3v) is 2.50. The van der Waals surface area contributed by atoms with Gasteiger partial charge < -0.3 is 15.2 Å². The van der Waals surface area contributed by atoms with Crippen LogP contribution in [-0.2, 0) is 0 Å². The first kappa shape index (κ1) is 12.8. The first-order chi connectivity index (χ1) is 9.06. The van der Waals surface area contributed by atoms with Crippen LogP contribution in [0.5, 0.6) is 0 Å². The van der Waals surface area contributed by atoms with Gasteiger partial charge in [0.2, 0.25) is 5.56 Å². The summed E-state index contributed by atoms with van der Waals surface area (Å²) < 4.78 is 0. The Labute approximate surface area is 110 Å². The molecule has 0 spiro atoms. The molecule has 2 rings (SSSR count). The zero-order valence-electron chi connectivity index (χ0n) is 10.7. The number of anilines is 2. The zero-order valence-corrected chi connectivity index (χ0v) is 10.7. The topological polar surface area (TPSA) is 78.1 Å². The van der Waals surface area contributed by atoms with Gasteiger partial charge in [0.25, 0.3) is 5.91 Å². The van der Waals surface area contributed by atoms with Gasteiger partial charge in [0.05, 0.1) is 11.9 Å². The Kier molecular flexibility index (Phi) is 3.61. The lowest BCUT2D eigenvalue weighted by molar-refractivity contribution is 0.102. The van der Waals surface area contributed by atoms with Gasteiger partial charge in [0.1, 0.15) is 5.82 Å². The van der Waals surface area contributed by atoms with Gasteiger partial charge in [-0.15, -0.1) is 0 Å². The van der Waals surface area contributed by atoms with Crippen molar-refractivity contribution in [2.75, 3.05) is 24.3 Å². The maximum Gasteiger partial charge on any atom is 0.255 e. The number of H-pyrrole nitrogens is 1. The summed E-state index contributed by atoms with van der Waals surface area (Å²) in [6, 6.07) is 6.34. The molecule has 0 aliphatic carbocycles. The summed E-state index contributed by atoms with van der Waals surface area (Å²) in [4.78, 5) is 31.5. The van der Waals surface area contributed by atoms with E-state index in [1.54, 1.807) is 24.4 Å². The van der Waals surface area contributed by atoms with Gasteiger partial charge in [0, 0.05) is 31.9 Å². The maximum atomic E-state index is 11.9. The summed E-state index contributed by atoms with van der Waals surface area (Å²) in [6.45, 7) is 0. The van der Waals surface area contributed by atoms with Crippen molar-refractivity contribution in [3.05, 3.63) is 52.6 Å². The van der Waals surface area contributed by atoms with Crippen LogP contribution in [0.1, 0.15) is 10.4 Å². The van der Waals surface area contributed by atoms with E-state index in [9.17, 15) is 9.59 Å². The van der Waals surface area contributed by atoms with Crippen LogP contribution in [0.25, 0.3) is 0 Å². The Balaban J connectivity index is 2.13. The van der Waals surface area contributed by atoms with Gasteiger partial charge >= 0.3 is 0 Å². The van der Waals surface area contributed by atoms with E-state index in [-0.39, 0.29) is 11.5 Å². The van der Waals surface area contributed by atoms with Crippen LogP contribution < -0.4 is 15.8 Å². The summed E-state index contributed by atoms with van der Waals surface area (Å²) in [5, 5.41) is 2.68. The molecule has 6 heteroatoms. The third kappa shape index (κ3) is 3.19. The molecule has 2 aromatic heterocycles. The Morgan fingerprint density at radius 2 is 2.11 bits per heavy atom. The molecule has 1 amide bonds. The molecule has 0 bridgehead atoms. The molecule has 2 heterocycles. The summed E-state index contributed by atoms with van der Waals surface area (Å²) in [5.74, 6) is 0.458. The molecule has 0 aliphatic heterocycles. The lowest BCUT2D eigenvalue weighted by Crippen LogP contribution is -2.16. The predicted octanol–water partition coefficient (Wildman–Crippen LogP) is 1.09. The minimum atomic E-state index is -0.342. The standard InChI is InChI=1S/C13H14N4O2/c1-17(2)11-4-3-10(8-15-11)16-13(19)9-5-6-14-12(18)7-9/h3-8H,1-2H3,(H,14,18)(H,16,19). The fourth-order valence-corrected chi connectivity index (χ4v) is 1.51. The van der Waals surface area contributed by atoms with E-state index >= 15 is 0 Å². The average Bonchev–Trinajstić information content (AvgIpc) is 2.39. The molecule has 0 saturated heterocycles. The summed E-state index contributed by atoms with van der Waals surface area (Å²) in [6.07, 6.45) is 3.01. The van der Waals surface area contributed by atoms with Crippen molar-refractivity contribution in [1.82, 2.24) is 9.97 Å². The largest absolute Gasteiger partial charge is 0.363 e. The van der Waals surface area contributed by atoms with E-state index in [0.29, 0.717) is 11.3 Å². The van der Waals surface area contributed by atoms with Crippen molar-refractivity contribution in [2.45, 2.75) is 0 Å². The molecule has 0 radical (unpaired) electrons.